The number of hydrogen-bond donors (Lipinski definition) is 0. The molecule has 0 spiro atoms. The molecule has 3 aromatic heterocycles. The van der Waals surface area contributed by atoms with E-state index in [1.54, 1.807) is 0 Å². The van der Waals surface area contributed by atoms with Crippen LogP contribution in [0.3, 0.4) is 0 Å². The molecule has 0 amide bonds. The molecule has 0 unspecified atom stereocenters. The number of nitrogens with zero attached hydrogens (tertiary/aromatic N) is 3. The summed E-state index contributed by atoms with van der Waals surface area (Å²) in [5.74, 6) is 0. The molecule has 0 saturated carbocycles. The van der Waals surface area contributed by atoms with Crippen molar-refractivity contribution in [2.75, 3.05) is 0 Å². The van der Waals surface area contributed by atoms with Crippen molar-refractivity contribution < 1.29 is 20.1 Å². The van der Waals surface area contributed by atoms with Crippen molar-refractivity contribution in [1.29, 1.82) is 0 Å². The molecule has 0 saturated heterocycles. The van der Waals surface area contributed by atoms with Crippen LogP contribution in [0.25, 0.3) is 112 Å². The van der Waals surface area contributed by atoms with Crippen molar-refractivity contribution in [3.8, 4) is 112 Å². The van der Waals surface area contributed by atoms with Gasteiger partial charge in [-0.3, -0.25) is 4.98 Å². The summed E-state index contributed by atoms with van der Waals surface area (Å²) >= 11 is 0. The van der Waals surface area contributed by atoms with Gasteiger partial charge in [-0.15, -0.1) is 95.1 Å². The summed E-state index contributed by atoms with van der Waals surface area (Å²) in [6.07, 6.45) is 5.32. The molecule has 3 nitrogen and oxygen atoms in total. The molecule has 0 aliphatic rings. The SMILES string of the molecule is [Ir+3].[c-]1cc(-c2ccccc2-c2cc(CCc3c[c-]c(-c4cc(-c5ccc(-c6ccccc6)cc5)cc(-c5ccccc5)n4)cc3)cc(-c3ccccc3-c3c[c-]c(-c4ccccn4)cc3)c2)ccc1-c1ccccn1. The molecule has 0 bridgehead atoms. The van der Waals surface area contributed by atoms with Gasteiger partial charge < -0.3 is 9.97 Å². The quantitative estimate of drug-likeness (QED) is 0.108. The Morgan fingerprint density at radius 2 is 0.680 bits per heavy atom. The molecule has 0 atom stereocenters. The second-order valence-electron chi connectivity index (χ2n) is 18.5. The van der Waals surface area contributed by atoms with Crippen molar-refractivity contribution in [2.24, 2.45) is 0 Å². The molecule has 12 rings (SSSR count). The van der Waals surface area contributed by atoms with E-state index in [2.05, 4.69) is 240 Å². The summed E-state index contributed by atoms with van der Waals surface area (Å²) in [4.78, 5) is 14.3. The molecule has 75 heavy (non-hydrogen) atoms. The van der Waals surface area contributed by atoms with Crippen LogP contribution in [-0.4, -0.2) is 15.0 Å². The first-order valence-electron chi connectivity index (χ1n) is 25.1. The van der Waals surface area contributed by atoms with Crippen LogP contribution in [0, 0.1) is 18.2 Å². The summed E-state index contributed by atoms with van der Waals surface area (Å²) in [6, 6.07) is 101. The minimum Gasteiger partial charge on any atom is -0.305 e. The number of hydrogen-bond acceptors (Lipinski definition) is 3. The van der Waals surface area contributed by atoms with Gasteiger partial charge in [-0.2, -0.15) is 0 Å². The molecular formula is C71H48IrN3. The third kappa shape index (κ3) is 10.9. The fraction of sp³-hybridized carbons (Fsp3) is 0.0282. The predicted molar refractivity (Wildman–Crippen MR) is 305 cm³/mol. The van der Waals surface area contributed by atoms with Gasteiger partial charge in [-0.05, 0) is 103 Å². The maximum absolute atomic E-state index is 5.22. The van der Waals surface area contributed by atoms with E-state index in [1.165, 1.54) is 22.3 Å². The summed E-state index contributed by atoms with van der Waals surface area (Å²) in [7, 11) is 0. The van der Waals surface area contributed by atoms with Crippen LogP contribution in [0.2, 0.25) is 0 Å². The van der Waals surface area contributed by atoms with Crippen molar-refractivity contribution in [2.45, 2.75) is 12.8 Å². The summed E-state index contributed by atoms with van der Waals surface area (Å²) in [5, 5.41) is 0. The van der Waals surface area contributed by atoms with Gasteiger partial charge in [0.25, 0.3) is 0 Å². The van der Waals surface area contributed by atoms with Gasteiger partial charge in [0, 0.05) is 12.4 Å². The average molecular weight is 1140 g/mol. The van der Waals surface area contributed by atoms with E-state index in [9.17, 15) is 0 Å². The predicted octanol–water partition coefficient (Wildman–Crippen LogP) is 17.7. The van der Waals surface area contributed by atoms with E-state index < -0.39 is 0 Å². The second-order valence-corrected chi connectivity index (χ2v) is 18.5. The first-order chi connectivity index (χ1) is 36.6. The Hall–Kier alpha value is -8.92. The van der Waals surface area contributed by atoms with Gasteiger partial charge in [0.15, 0.2) is 0 Å². The molecule has 4 heteroatoms. The molecule has 0 aliphatic heterocycles. The summed E-state index contributed by atoms with van der Waals surface area (Å²) in [5.41, 5.74) is 23.9. The van der Waals surface area contributed by atoms with Gasteiger partial charge in [0.1, 0.15) is 0 Å². The number of benzene rings is 9. The number of aromatic nitrogens is 3. The fourth-order valence-corrected chi connectivity index (χ4v) is 9.81. The molecule has 12 aromatic rings. The Labute approximate surface area is 453 Å². The fourth-order valence-electron chi connectivity index (χ4n) is 9.81. The van der Waals surface area contributed by atoms with E-state index in [1.807, 2.05) is 54.9 Å². The molecule has 0 fully saturated rings. The maximum Gasteiger partial charge on any atom is 3.00 e. The summed E-state index contributed by atoms with van der Waals surface area (Å²) in [6.45, 7) is 0. The van der Waals surface area contributed by atoms with Crippen LogP contribution in [0.5, 0.6) is 0 Å². The topological polar surface area (TPSA) is 38.7 Å². The molecule has 0 radical (unpaired) electrons. The van der Waals surface area contributed by atoms with E-state index in [-0.39, 0.29) is 20.1 Å². The number of aryl methyl sites for hydroxylation is 2. The Morgan fingerprint density at radius 3 is 1.17 bits per heavy atom. The van der Waals surface area contributed by atoms with Crippen LogP contribution in [0.4, 0.5) is 0 Å². The average Bonchev–Trinajstić information content (AvgIpc) is 3.49. The number of pyridine rings is 3. The van der Waals surface area contributed by atoms with Crippen molar-refractivity contribution in [3.63, 3.8) is 0 Å². The Kier molecular flexibility index (Phi) is 14.5. The van der Waals surface area contributed by atoms with Gasteiger partial charge in [0.2, 0.25) is 0 Å². The first-order valence-corrected chi connectivity index (χ1v) is 25.1. The maximum atomic E-state index is 5.22. The van der Waals surface area contributed by atoms with Crippen molar-refractivity contribution >= 4 is 0 Å². The van der Waals surface area contributed by atoms with E-state index in [0.29, 0.717) is 0 Å². The van der Waals surface area contributed by atoms with Gasteiger partial charge in [0.05, 0.1) is 5.69 Å². The molecule has 3 heterocycles. The standard InChI is InChI=1S/C71H48N3.Ir/c1-3-15-52(16-4-1)53-31-33-54(34-32-53)61-48-70(57-17-5-2-6-18-57)74-71(49-61)60-29-27-50(28-30-60)25-26-51-45-62(66-21-9-7-19-64(66)55-35-39-58(40-36-55)68-23-11-13-43-72-68)47-63(46-51)67-22-10-8-20-65(67)56-37-41-59(42-38-56)69-24-12-14-44-73-69;/h1-24,27-29,31-39,41,43-49H,25-26H2;/q-3;+3. The molecule has 9 aromatic carbocycles. The Bertz CT molecular complexity index is 3680. The third-order valence-electron chi connectivity index (χ3n) is 13.7. The van der Waals surface area contributed by atoms with Crippen LogP contribution in [0.15, 0.2) is 267 Å². The van der Waals surface area contributed by atoms with Crippen LogP contribution in [0.1, 0.15) is 11.1 Å². The van der Waals surface area contributed by atoms with Gasteiger partial charge >= 0.3 is 20.1 Å². The molecular weight excluding hydrogens is 1090 g/mol. The second kappa shape index (κ2) is 22.5. The van der Waals surface area contributed by atoms with Crippen LogP contribution in [-0.2, 0) is 32.9 Å². The van der Waals surface area contributed by atoms with Crippen LogP contribution < -0.4 is 0 Å². The first kappa shape index (κ1) is 48.4. The Morgan fingerprint density at radius 1 is 0.267 bits per heavy atom. The van der Waals surface area contributed by atoms with Gasteiger partial charge in [-0.1, -0.05) is 205 Å². The summed E-state index contributed by atoms with van der Waals surface area (Å²) < 4.78 is 0. The Balaban J connectivity index is 0.00000602. The van der Waals surface area contributed by atoms with E-state index in [0.717, 1.165) is 114 Å². The van der Waals surface area contributed by atoms with E-state index in [4.69, 9.17) is 4.98 Å². The third-order valence-corrected chi connectivity index (χ3v) is 13.7. The zero-order valence-electron chi connectivity index (χ0n) is 41.0. The van der Waals surface area contributed by atoms with Gasteiger partial charge in [-0.25, -0.2) is 0 Å². The van der Waals surface area contributed by atoms with Crippen molar-refractivity contribution in [3.05, 3.63) is 297 Å². The zero-order chi connectivity index (χ0) is 49.5. The molecule has 0 N–H and O–H groups in total. The largest absolute Gasteiger partial charge is 3.00 e. The normalized spacial score (nSPS) is 10.9. The minimum atomic E-state index is 0. The molecule has 0 aliphatic carbocycles. The minimum absolute atomic E-state index is 0. The zero-order valence-corrected chi connectivity index (χ0v) is 43.4. The smallest absolute Gasteiger partial charge is 0.305 e. The van der Waals surface area contributed by atoms with Crippen molar-refractivity contribution in [1.82, 2.24) is 15.0 Å². The monoisotopic (exact) mass is 1140 g/mol. The molecule has 356 valence electrons. The van der Waals surface area contributed by atoms with E-state index >= 15 is 0 Å². The van der Waals surface area contributed by atoms with Crippen LogP contribution >= 0.6 is 0 Å². The number of rotatable bonds is 13.